The van der Waals surface area contributed by atoms with Gasteiger partial charge in [0, 0.05) is 22.3 Å². The van der Waals surface area contributed by atoms with Crippen molar-refractivity contribution in [2.24, 2.45) is 11.8 Å². The van der Waals surface area contributed by atoms with E-state index in [0.717, 1.165) is 16.9 Å². The highest BCUT2D eigenvalue weighted by atomic mass is 79.9. The third-order valence-corrected chi connectivity index (χ3v) is 4.74. The highest BCUT2D eigenvalue weighted by Gasteiger charge is 2.20. The number of rotatable bonds is 4. The second-order valence-electron chi connectivity index (χ2n) is 5.78. The van der Waals surface area contributed by atoms with Crippen molar-refractivity contribution in [1.29, 1.82) is 0 Å². The number of carbonyl (C=O) groups is 1. The van der Waals surface area contributed by atoms with Gasteiger partial charge < -0.3 is 11.1 Å². The highest BCUT2D eigenvalue weighted by Crippen LogP contribution is 2.30. The first-order valence-electron chi connectivity index (χ1n) is 7.42. The average Bonchev–Trinajstić information content (AvgIpc) is 2.44. The lowest BCUT2D eigenvalue weighted by Gasteiger charge is -2.27. The number of hydrogen-bond donors (Lipinski definition) is 2. The van der Waals surface area contributed by atoms with E-state index in [1.165, 1.54) is 32.1 Å². The Morgan fingerprint density at radius 2 is 1.90 bits per heavy atom. The standard InChI is InChI=1S/C16H23BrN2O/c1-2-11-3-5-12(6-4-11)10-19-16(20)13-7-14(17)9-15(18)8-13/h7-9,11-12H,2-6,10,18H2,1H3,(H,19,20). The number of hydrogen-bond acceptors (Lipinski definition) is 2. The summed E-state index contributed by atoms with van der Waals surface area (Å²) in [5.74, 6) is 1.49. The molecule has 0 radical (unpaired) electrons. The maximum atomic E-state index is 12.1. The fourth-order valence-corrected chi connectivity index (χ4v) is 3.44. The quantitative estimate of drug-likeness (QED) is 0.816. The van der Waals surface area contributed by atoms with Gasteiger partial charge in [-0.2, -0.15) is 0 Å². The first-order valence-corrected chi connectivity index (χ1v) is 8.22. The predicted molar refractivity (Wildman–Crippen MR) is 86.6 cm³/mol. The number of carbonyl (C=O) groups excluding carboxylic acids is 1. The molecule has 0 aliphatic heterocycles. The van der Waals surface area contributed by atoms with E-state index in [4.69, 9.17) is 5.73 Å². The Kier molecular flexibility index (Phi) is 5.46. The van der Waals surface area contributed by atoms with Gasteiger partial charge in [0.1, 0.15) is 0 Å². The van der Waals surface area contributed by atoms with Crippen LogP contribution < -0.4 is 11.1 Å². The summed E-state index contributed by atoms with van der Waals surface area (Å²) in [6.45, 7) is 3.05. The van der Waals surface area contributed by atoms with E-state index < -0.39 is 0 Å². The SMILES string of the molecule is CCC1CCC(CNC(=O)c2cc(N)cc(Br)c2)CC1. The number of halogens is 1. The van der Waals surface area contributed by atoms with E-state index in [1.807, 2.05) is 0 Å². The minimum atomic E-state index is -0.0318. The number of nitrogens with two attached hydrogens (primary N) is 1. The van der Waals surface area contributed by atoms with Gasteiger partial charge in [-0.25, -0.2) is 0 Å². The third-order valence-electron chi connectivity index (χ3n) is 4.28. The number of anilines is 1. The van der Waals surface area contributed by atoms with Gasteiger partial charge >= 0.3 is 0 Å². The topological polar surface area (TPSA) is 55.1 Å². The van der Waals surface area contributed by atoms with Gasteiger partial charge in [0.15, 0.2) is 0 Å². The van der Waals surface area contributed by atoms with Gasteiger partial charge in [-0.3, -0.25) is 4.79 Å². The van der Waals surface area contributed by atoms with Crippen LogP contribution in [0.1, 0.15) is 49.4 Å². The first-order chi connectivity index (χ1) is 9.58. The Morgan fingerprint density at radius 1 is 1.25 bits per heavy atom. The van der Waals surface area contributed by atoms with Gasteiger partial charge in [0.25, 0.3) is 5.91 Å². The molecule has 0 heterocycles. The summed E-state index contributed by atoms with van der Waals surface area (Å²) in [5, 5.41) is 3.04. The average molecular weight is 339 g/mol. The van der Waals surface area contributed by atoms with E-state index in [1.54, 1.807) is 18.2 Å². The van der Waals surface area contributed by atoms with Crippen molar-refractivity contribution in [3.05, 3.63) is 28.2 Å². The molecule has 110 valence electrons. The van der Waals surface area contributed by atoms with Gasteiger partial charge in [-0.05, 0) is 42.9 Å². The largest absolute Gasteiger partial charge is 0.399 e. The van der Waals surface area contributed by atoms with Gasteiger partial charge in [-0.15, -0.1) is 0 Å². The van der Waals surface area contributed by atoms with E-state index in [-0.39, 0.29) is 5.91 Å². The zero-order chi connectivity index (χ0) is 14.5. The van der Waals surface area contributed by atoms with Crippen molar-refractivity contribution in [2.45, 2.75) is 39.0 Å². The maximum Gasteiger partial charge on any atom is 0.251 e. The summed E-state index contributed by atoms with van der Waals surface area (Å²) >= 11 is 3.36. The Bertz CT molecular complexity index is 447. The van der Waals surface area contributed by atoms with Crippen molar-refractivity contribution in [1.82, 2.24) is 5.32 Å². The second kappa shape index (κ2) is 7.11. The molecule has 1 amide bonds. The summed E-state index contributed by atoms with van der Waals surface area (Å²) < 4.78 is 0.839. The summed E-state index contributed by atoms with van der Waals surface area (Å²) in [6, 6.07) is 5.32. The fourth-order valence-electron chi connectivity index (χ4n) is 2.93. The summed E-state index contributed by atoms with van der Waals surface area (Å²) in [5.41, 5.74) is 6.99. The van der Waals surface area contributed by atoms with Crippen LogP contribution in [0.5, 0.6) is 0 Å². The van der Waals surface area contributed by atoms with Crippen molar-refractivity contribution in [3.63, 3.8) is 0 Å². The van der Waals surface area contributed by atoms with Crippen molar-refractivity contribution in [3.8, 4) is 0 Å². The van der Waals surface area contributed by atoms with E-state index in [9.17, 15) is 4.79 Å². The molecule has 0 bridgehead atoms. The Labute approximate surface area is 129 Å². The smallest absolute Gasteiger partial charge is 0.251 e. The number of amides is 1. The number of nitrogen functional groups attached to an aromatic ring is 1. The molecule has 4 heteroatoms. The molecule has 0 spiro atoms. The normalized spacial score (nSPS) is 22.5. The van der Waals surface area contributed by atoms with Crippen LogP contribution >= 0.6 is 15.9 Å². The van der Waals surface area contributed by atoms with E-state index in [2.05, 4.69) is 28.2 Å². The molecule has 3 nitrogen and oxygen atoms in total. The molecule has 1 aliphatic carbocycles. The van der Waals surface area contributed by atoms with Crippen LogP contribution in [-0.2, 0) is 0 Å². The highest BCUT2D eigenvalue weighted by molar-refractivity contribution is 9.10. The van der Waals surface area contributed by atoms with E-state index in [0.29, 0.717) is 17.2 Å². The van der Waals surface area contributed by atoms with Gasteiger partial charge in [0.05, 0.1) is 0 Å². The molecular weight excluding hydrogens is 316 g/mol. The minimum Gasteiger partial charge on any atom is -0.399 e. The van der Waals surface area contributed by atoms with Gasteiger partial charge in [0.2, 0.25) is 0 Å². The molecule has 1 aromatic rings. The zero-order valence-corrected chi connectivity index (χ0v) is 13.6. The Balaban J connectivity index is 1.83. The Morgan fingerprint density at radius 3 is 2.50 bits per heavy atom. The number of nitrogens with one attached hydrogen (secondary N) is 1. The molecule has 1 saturated carbocycles. The molecule has 1 aromatic carbocycles. The van der Waals surface area contributed by atoms with Crippen molar-refractivity contribution < 1.29 is 4.79 Å². The molecular formula is C16H23BrN2O. The lowest BCUT2D eigenvalue weighted by Crippen LogP contribution is -2.31. The van der Waals surface area contributed by atoms with Crippen LogP contribution in [0.25, 0.3) is 0 Å². The monoisotopic (exact) mass is 338 g/mol. The fraction of sp³-hybridized carbons (Fsp3) is 0.562. The molecule has 1 aliphatic rings. The predicted octanol–water partition coefficient (Wildman–Crippen LogP) is 3.98. The van der Waals surface area contributed by atoms with Crippen LogP contribution in [0.4, 0.5) is 5.69 Å². The van der Waals surface area contributed by atoms with Crippen LogP contribution in [0.2, 0.25) is 0 Å². The van der Waals surface area contributed by atoms with Crippen molar-refractivity contribution >= 4 is 27.5 Å². The maximum absolute atomic E-state index is 12.1. The van der Waals surface area contributed by atoms with Gasteiger partial charge in [-0.1, -0.05) is 42.1 Å². The first kappa shape index (κ1) is 15.4. The van der Waals surface area contributed by atoms with Crippen LogP contribution in [0.15, 0.2) is 22.7 Å². The molecule has 3 N–H and O–H groups in total. The molecule has 2 rings (SSSR count). The summed E-state index contributed by atoms with van der Waals surface area (Å²) in [4.78, 5) is 12.1. The lowest BCUT2D eigenvalue weighted by atomic mass is 9.81. The lowest BCUT2D eigenvalue weighted by molar-refractivity contribution is 0.0941. The molecule has 0 atom stereocenters. The van der Waals surface area contributed by atoms with Crippen LogP contribution in [-0.4, -0.2) is 12.5 Å². The molecule has 0 unspecified atom stereocenters. The minimum absolute atomic E-state index is 0.0318. The molecule has 0 aromatic heterocycles. The zero-order valence-electron chi connectivity index (χ0n) is 12.0. The number of benzene rings is 1. The molecule has 20 heavy (non-hydrogen) atoms. The van der Waals surface area contributed by atoms with Crippen molar-refractivity contribution in [2.75, 3.05) is 12.3 Å². The van der Waals surface area contributed by atoms with Crippen LogP contribution in [0, 0.1) is 11.8 Å². The second-order valence-corrected chi connectivity index (χ2v) is 6.69. The van der Waals surface area contributed by atoms with E-state index >= 15 is 0 Å². The molecule has 1 fully saturated rings. The third kappa shape index (κ3) is 4.23. The summed E-state index contributed by atoms with van der Waals surface area (Å²) in [6.07, 6.45) is 6.37. The molecule has 0 saturated heterocycles. The van der Waals surface area contributed by atoms with Crippen LogP contribution in [0.3, 0.4) is 0 Å². The summed E-state index contributed by atoms with van der Waals surface area (Å²) in [7, 11) is 0. The Hall–Kier alpha value is -1.03.